The third kappa shape index (κ3) is 3.05. The Bertz CT molecular complexity index is 634. The number of benzene rings is 1. The first-order valence-corrected chi connectivity index (χ1v) is 7.02. The summed E-state index contributed by atoms with van der Waals surface area (Å²) >= 11 is 1.39. The van der Waals surface area contributed by atoms with Crippen LogP contribution in [0.1, 0.15) is 26.4 Å². The van der Waals surface area contributed by atoms with E-state index in [4.69, 9.17) is 4.74 Å². The van der Waals surface area contributed by atoms with Crippen molar-refractivity contribution in [3.8, 4) is 5.75 Å². The van der Waals surface area contributed by atoms with Gasteiger partial charge in [0.05, 0.1) is 18.2 Å². The molecule has 0 spiro atoms. The number of amides is 1. The van der Waals surface area contributed by atoms with Crippen LogP contribution in [0.5, 0.6) is 5.75 Å². The quantitative estimate of drug-likeness (QED) is 0.694. The standard InChI is InChI=1S/C15H16N2O2S/c1-10-11(2)13(19-3)7-6-12(10)9-16-17-15(18)14-5-4-8-20-14/h4-9H,1-3H3,(H,17,18). The molecule has 4 nitrogen and oxygen atoms in total. The van der Waals surface area contributed by atoms with Crippen molar-refractivity contribution in [1.29, 1.82) is 0 Å². The van der Waals surface area contributed by atoms with Gasteiger partial charge in [0, 0.05) is 0 Å². The molecule has 1 aromatic carbocycles. The molecule has 2 aromatic rings. The summed E-state index contributed by atoms with van der Waals surface area (Å²) in [6, 6.07) is 7.41. The summed E-state index contributed by atoms with van der Waals surface area (Å²) in [5.74, 6) is 0.654. The smallest absolute Gasteiger partial charge is 0.281 e. The van der Waals surface area contributed by atoms with E-state index in [-0.39, 0.29) is 5.91 Å². The van der Waals surface area contributed by atoms with Crippen molar-refractivity contribution in [3.63, 3.8) is 0 Å². The number of thiophene rings is 1. The molecular weight excluding hydrogens is 272 g/mol. The lowest BCUT2D eigenvalue weighted by molar-refractivity contribution is 0.0959. The molecule has 0 atom stereocenters. The van der Waals surface area contributed by atoms with E-state index in [0.717, 1.165) is 22.4 Å². The molecular formula is C15H16N2O2S. The summed E-state index contributed by atoms with van der Waals surface area (Å²) in [5, 5.41) is 5.85. The van der Waals surface area contributed by atoms with E-state index in [1.807, 2.05) is 37.4 Å². The van der Waals surface area contributed by atoms with Gasteiger partial charge in [-0.15, -0.1) is 11.3 Å². The molecule has 0 bridgehead atoms. The molecule has 0 fully saturated rings. The van der Waals surface area contributed by atoms with Crippen LogP contribution in [0.4, 0.5) is 0 Å². The lowest BCUT2D eigenvalue weighted by atomic mass is 10.0. The van der Waals surface area contributed by atoms with Crippen molar-refractivity contribution in [2.75, 3.05) is 7.11 Å². The fourth-order valence-electron chi connectivity index (χ4n) is 1.80. The van der Waals surface area contributed by atoms with E-state index in [9.17, 15) is 4.79 Å². The van der Waals surface area contributed by atoms with E-state index < -0.39 is 0 Å². The number of hydrogen-bond donors (Lipinski definition) is 1. The van der Waals surface area contributed by atoms with Crippen LogP contribution < -0.4 is 10.2 Å². The number of hydrogen-bond acceptors (Lipinski definition) is 4. The maximum atomic E-state index is 11.7. The van der Waals surface area contributed by atoms with Crippen LogP contribution in [0.3, 0.4) is 0 Å². The summed E-state index contributed by atoms with van der Waals surface area (Å²) < 4.78 is 5.26. The minimum atomic E-state index is -0.195. The van der Waals surface area contributed by atoms with E-state index in [1.165, 1.54) is 11.3 Å². The van der Waals surface area contributed by atoms with Crippen molar-refractivity contribution in [3.05, 3.63) is 51.2 Å². The van der Waals surface area contributed by atoms with Gasteiger partial charge in [-0.25, -0.2) is 5.43 Å². The molecule has 1 N–H and O–H groups in total. The Kier molecular flexibility index (Phi) is 4.53. The largest absolute Gasteiger partial charge is 0.496 e. The highest BCUT2D eigenvalue weighted by Gasteiger charge is 2.06. The molecule has 0 saturated carbocycles. The molecule has 2 rings (SSSR count). The molecule has 0 aliphatic rings. The fourth-order valence-corrected chi connectivity index (χ4v) is 2.41. The highest BCUT2D eigenvalue weighted by molar-refractivity contribution is 7.12. The van der Waals surface area contributed by atoms with Gasteiger partial charge in [-0.3, -0.25) is 4.79 Å². The maximum absolute atomic E-state index is 11.7. The van der Waals surface area contributed by atoms with Crippen LogP contribution >= 0.6 is 11.3 Å². The topological polar surface area (TPSA) is 50.7 Å². The number of rotatable bonds is 4. The number of carbonyl (C=O) groups is 1. The van der Waals surface area contributed by atoms with Crippen molar-refractivity contribution in [2.45, 2.75) is 13.8 Å². The average molecular weight is 288 g/mol. The molecule has 104 valence electrons. The molecule has 20 heavy (non-hydrogen) atoms. The Morgan fingerprint density at radius 3 is 2.75 bits per heavy atom. The van der Waals surface area contributed by atoms with Crippen LogP contribution in [0, 0.1) is 13.8 Å². The van der Waals surface area contributed by atoms with Crippen molar-refractivity contribution >= 4 is 23.5 Å². The first-order chi connectivity index (χ1) is 9.63. The van der Waals surface area contributed by atoms with Gasteiger partial charge in [-0.1, -0.05) is 6.07 Å². The zero-order valence-electron chi connectivity index (χ0n) is 11.6. The van der Waals surface area contributed by atoms with Gasteiger partial charge in [0.1, 0.15) is 5.75 Å². The lowest BCUT2D eigenvalue weighted by Crippen LogP contribution is -2.16. The minimum Gasteiger partial charge on any atom is -0.496 e. The number of methoxy groups -OCH3 is 1. The summed E-state index contributed by atoms with van der Waals surface area (Å²) in [4.78, 5) is 12.4. The number of carbonyl (C=O) groups excluding carboxylic acids is 1. The van der Waals surface area contributed by atoms with Gasteiger partial charge in [0.15, 0.2) is 0 Å². The van der Waals surface area contributed by atoms with Gasteiger partial charge in [0.25, 0.3) is 5.91 Å². The monoisotopic (exact) mass is 288 g/mol. The highest BCUT2D eigenvalue weighted by atomic mass is 32.1. The van der Waals surface area contributed by atoms with Gasteiger partial charge in [-0.05, 0) is 54.1 Å². The summed E-state index contributed by atoms with van der Waals surface area (Å²) in [5.41, 5.74) is 5.62. The SMILES string of the molecule is COc1ccc(C=NNC(=O)c2cccs2)c(C)c1C. The molecule has 0 radical (unpaired) electrons. The summed E-state index contributed by atoms with van der Waals surface area (Å²) in [7, 11) is 1.65. The van der Waals surface area contributed by atoms with Crippen LogP contribution in [0.2, 0.25) is 0 Å². The van der Waals surface area contributed by atoms with Gasteiger partial charge in [-0.2, -0.15) is 5.10 Å². The van der Waals surface area contributed by atoms with Crippen LogP contribution in [-0.4, -0.2) is 19.2 Å². The molecule has 1 heterocycles. The minimum absolute atomic E-state index is 0.195. The lowest BCUT2D eigenvalue weighted by Gasteiger charge is -2.09. The third-order valence-corrected chi connectivity index (χ3v) is 3.98. The second kappa shape index (κ2) is 6.34. The maximum Gasteiger partial charge on any atom is 0.281 e. The molecule has 1 aromatic heterocycles. The first kappa shape index (κ1) is 14.3. The Hall–Kier alpha value is -2.14. The van der Waals surface area contributed by atoms with Crippen molar-refractivity contribution < 1.29 is 9.53 Å². The van der Waals surface area contributed by atoms with Gasteiger partial charge < -0.3 is 4.74 Å². The van der Waals surface area contributed by atoms with Crippen molar-refractivity contribution in [2.24, 2.45) is 5.10 Å². The second-order valence-electron chi connectivity index (χ2n) is 4.28. The molecule has 0 aliphatic heterocycles. The van der Waals surface area contributed by atoms with E-state index in [1.54, 1.807) is 19.4 Å². The number of nitrogens with one attached hydrogen (secondary N) is 1. The predicted octanol–water partition coefficient (Wildman–Crippen LogP) is 3.14. The molecule has 0 unspecified atom stereocenters. The first-order valence-electron chi connectivity index (χ1n) is 6.14. The number of nitrogens with zero attached hydrogens (tertiary/aromatic N) is 1. The fraction of sp³-hybridized carbons (Fsp3) is 0.200. The summed E-state index contributed by atoms with van der Waals surface area (Å²) in [6.45, 7) is 4.00. The molecule has 0 saturated heterocycles. The number of hydrazone groups is 1. The zero-order chi connectivity index (χ0) is 14.5. The Labute approximate surface area is 122 Å². The third-order valence-electron chi connectivity index (χ3n) is 3.11. The van der Waals surface area contributed by atoms with E-state index in [2.05, 4.69) is 10.5 Å². The Morgan fingerprint density at radius 2 is 2.10 bits per heavy atom. The Balaban J connectivity index is 2.09. The highest BCUT2D eigenvalue weighted by Crippen LogP contribution is 2.22. The normalized spacial score (nSPS) is 10.8. The molecule has 1 amide bonds. The second-order valence-corrected chi connectivity index (χ2v) is 5.23. The summed E-state index contributed by atoms with van der Waals surface area (Å²) in [6.07, 6.45) is 1.65. The van der Waals surface area contributed by atoms with E-state index in [0.29, 0.717) is 4.88 Å². The predicted molar refractivity (Wildman–Crippen MR) is 81.8 cm³/mol. The Morgan fingerprint density at radius 1 is 1.30 bits per heavy atom. The van der Waals surface area contributed by atoms with E-state index >= 15 is 0 Å². The average Bonchev–Trinajstić information content (AvgIpc) is 2.98. The van der Waals surface area contributed by atoms with Gasteiger partial charge in [0.2, 0.25) is 0 Å². The van der Waals surface area contributed by atoms with Crippen LogP contribution in [-0.2, 0) is 0 Å². The van der Waals surface area contributed by atoms with Crippen LogP contribution in [0.15, 0.2) is 34.7 Å². The van der Waals surface area contributed by atoms with Gasteiger partial charge >= 0.3 is 0 Å². The van der Waals surface area contributed by atoms with Crippen LogP contribution in [0.25, 0.3) is 0 Å². The molecule has 5 heteroatoms. The zero-order valence-corrected chi connectivity index (χ0v) is 12.5. The molecule has 0 aliphatic carbocycles. The number of ether oxygens (including phenoxy) is 1. The van der Waals surface area contributed by atoms with Crippen molar-refractivity contribution in [1.82, 2.24) is 5.43 Å².